The van der Waals surface area contributed by atoms with Gasteiger partial charge >= 0.3 is 6.03 Å². The molecule has 1 saturated carbocycles. The molecule has 38 heavy (non-hydrogen) atoms. The van der Waals surface area contributed by atoms with Gasteiger partial charge in [-0.25, -0.2) is 4.79 Å². The SMILES string of the molecule is COc1ccc(NC(=O)N(CC(=O)N2c3ccccc3-n3cccc3C2c2ccc(Cl)cc2)C2CC2)cc1. The van der Waals surface area contributed by atoms with Crippen LogP contribution >= 0.6 is 11.6 Å². The van der Waals surface area contributed by atoms with Gasteiger partial charge in [0.15, 0.2) is 0 Å². The van der Waals surface area contributed by atoms with Gasteiger partial charge in [0.2, 0.25) is 5.91 Å². The molecule has 1 aromatic heterocycles. The first-order chi connectivity index (χ1) is 18.5. The van der Waals surface area contributed by atoms with Crippen molar-refractivity contribution < 1.29 is 14.3 Å². The Labute approximate surface area is 226 Å². The Morgan fingerprint density at radius 3 is 2.34 bits per heavy atom. The fourth-order valence-electron chi connectivity index (χ4n) is 5.07. The molecule has 0 radical (unpaired) electrons. The van der Waals surface area contributed by atoms with E-state index in [4.69, 9.17) is 16.3 Å². The molecule has 1 aliphatic heterocycles. The van der Waals surface area contributed by atoms with Gasteiger partial charge in [0.25, 0.3) is 0 Å². The number of halogens is 1. The highest BCUT2D eigenvalue weighted by Gasteiger charge is 2.40. The molecule has 0 bridgehead atoms. The average molecular weight is 527 g/mol. The first-order valence-electron chi connectivity index (χ1n) is 12.6. The Hall–Kier alpha value is -4.23. The topological polar surface area (TPSA) is 66.8 Å². The molecule has 1 fully saturated rings. The molecular formula is C30H27ClN4O3. The molecule has 1 atom stereocenters. The number of para-hydroxylation sites is 2. The number of hydrogen-bond donors (Lipinski definition) is 1. The second-order valence-corrected chi connectivity index (χ2v) is 9.96. The zero-order chi connectivity index (χ0) is 26.2. The van der Waals surface area contributed by atoms with Gasteiger partial charge in [-0.05, 0) is 79.1 Å². The van der Waals surface area contributed by atoms with Crippen molar-refractivity contribution in [2.45, 2.75) is 24.9 Å². The van der Waals surface area contributed by atoms with Crippen molar-refractivity contribution in [3.63, 3.8) is 0 Å². The van der Waals surface area contributed by atoms with Gasteiger partial charge in [-0.3, -0.25) is 9.69 Å². The quantitative estimate of drug-likeness (QED) is 0.322. The second-order valence-electron chi connectivity index (χ2n) is 9.53. The molecule has 1 N–H and O–H groups in total. The van der Waals surface area contributed by atoms with Crippen LogP contribution in [0.25, 0.3) is 5.69 Å². The fraction of sp³-hybridized carbons (Fsp3) is 0.200. The number of nitrogens with one attached hydrogen (secondary N) is 1. The molecule has 4 aromatic rings. The summed E-state index contributed by atoms with van der Waals surface area (Å²) in [5, 5.41) is 3.58. The van der Waals surface area contributed by atoms with Crippen LogP contribution in [0.15, 0.2) is 91.1 Å². The number of benzene rings is 3. The van der Waals surface area contributed by atoms with E-state index in [-0.39, 0.29) is 30.6 Å². The van der Waals surface area contributed by atoms with Gasteiger partial charge < -0.3 is 19.5 Å². The van der Waals surface area contributed by atoms with Crippen molar-refractivity contribution in [1.29, 1.82) is 0 Å². The van der Waals surface area contributed by atoms with Crippen molar-refractivity contribution in [2.75, 3.05) is 23.9 Å². The van der Waals surface area contributed by atoms with Crippen LogP contribution < -0.4 is 15.0 Å². The highest BCUT2D eigenvalue weighted by Crippen LogP contribution is 2.42. The molecule has 1 aliphatic carbocycles. The van der Waals surface area contributed by atoms with Crippen LogP contribution in [0.4, 0.5) is 16.2 Å². The maximum atomic E-state index is 14.2. The number of urea groups is 1. The first kappa shape index (κ1) is 24.1. The minimum Gasteiger partial charge on any atom is -0.497 e. The zero-order valence-electron chi connectivity index (χ0n) is 20.9. The Morgan fingerprint density at radius 1 is 0.947 bits per heavy atom. The van der Waals surface area contributed by atoms with Crippen molar-refractivity contribution >= 4 is 34.9 Å². The number of fused-ring (bicyclic) bond motifs is 3. The van der Waals surface area contributed by atoms with Crippen LogP contribution in [-0.4, -0.2) is 41.1 Å². The predicted octanol–water partition coefficient (Wildman–Crippen LogP) is 6.27. The summed E-state index contributed by atoms with van der Waals surface area (Å²) in [7, 11) is 1.60. The van der Waals surface area contributed by atoms with E-state index in [1.165, 1.54) is 0 Å². The van der Waals surface area contributed by atoms with Gasteiger partial charge in [0, 0.05) is 22.9 Å². The smallest absolute Gasteiger partial charge is 0.322 e. The summed E-state index contributed by atoms with van der Waals surface area (Å²) in [5.74, 6) is 0.556. The number of carbonyl (C=O) groups is 2. The van der Waals surface area contributed by atoms with E-state index in [1.807, 2.05) is 71.8 Å². The summed E-state index contributed by atoms with van der Waals surface area (Å²) >= 11 is 6.19. The third-order valence-corrected chi connectivity index (χ3v) is 7.32. The summed E-state index contributed by atoms with van der Waals surface area (Å²) in [6.45, 7) is -0.0359. The maximum Gasteiger partial charge on any atom is 0.322 e. The Morgan fingerprint density at radius 2 is 1.66 bits per heavy atom. The van der Waals surface area contributed by atoms with Crippen LogP contribution in [0, 0.1) is 0 Å². The van der Waals surface area contributed by atoms with Crippen LogP contribution in [0.3, 0.4) is 0 Å². The van der Waals surface area contributed by atoms with E-state index in [1.54, 1.807) is 36.3 Å². The van der Waals surface area contributed by atoms with Crippen molar-refractivity contribution in [3.05, 3.63) is 107 Å². The van der Waals surface area contributed by atoms with E-state index in [0.717, 1.165) is 35.5 Å². The van der Waals surface area contributed by atoms with Crippen LogP contribution in [-0.2, 0) is 4.79 Å². The normalized spacial score (nSPS) is 15.8. The number of nitrogens with zero attached hydrogens (tertiary/aromatic N) is 3. The number of methoxy groups -OCH3 is 1. The lowest BCUT2D eigenvalue weighted by Gasteiger charge is -2.39. The monoisotopic (exact) mass is 526 g/mol. The second kappa shape index (κ2) is 9.91. The molecule has 3 aromatic carbocycles. The highest BCUT2D eigenvalue weighted by atomic mass is 35.5. The lowest BCUT2D eigenvalue weighted by molar-refractivity contribution is -0.119. The third kappa shape index (κ3) is 4.50. The Kier molecular flexibility index (Phi) is 6.29. The Bertz CT molecular complexity index is 1480. The number of amides is 3. The summed E-state index contributed by atoms with van der Waals surface area (Å²) in [6, 6.07) is 26.0. The number of carbonyl (C=O) groups excluding carboxylic acids is 2. The molecule has 7 nitrogen and oxygen atoms in total. The van der Waals surface area contributed by atoms with E-state index >= 15 is 0 Å². The number of rotatable bonds is 6. The number of ether oxygens (including phenoxy) is 1. The standard InChI is InChI=1S/C30H27ClN4O3/c1-38-24-16-12-22(13-17-24)32-30(37)34(23-14-15-23)19-28(36)35-26-6-3-2-5-25(26)33-18-4-7-27(33)29(35)20-8-10-21(31)11-9-20/h2-13,16-18,23,29H,14-15,19H2,1H3,(H,32,37). The summed E-state index contributed by atoms with van der Waals surface area (Å²) < 4.78 is 7.33. The summed E-state index contributed by atoms with van der Waals surface area (Å²) in [6.07, 6.45) is 3.77. The molecule has 8 heteroatoms. The lowest BCUT2D eigenvalue weighted by atomic mass is 9.97. The van der Waals surface area contributed by atoms with E-state index < -0.39 is 0 Å². The molecule has 6 rings (SSSR count). The zero-order valence-corrected chi connectivity index (χ0v) is 21.6. The van der Waals surface area contributed by atoms with Crippen molar-refractivity contribution in [2.24, 2.45) is 0 Å². The van der Waals surface area contributed by atoms with Gasteiger partial charge in [0.05, 0.1) is 24.2 Å². The number of aromatic nitrogens is 1. The van der Waals surface area contributed by atoms with Crippen LogP contribution in [0.2, 0.25) is 5.02 Å². The molecular weight excluding hydrogens is 500 g/mol. The molecule has 2 heterocycles. The minimum atomic E-state index is -0.365. The van der Waals surface area contributed by atoms with Gasteiger partial charge in [-0.1, -0.05) is 35.9 Å². The molecule has 2 aliphatic rings. The van der Waals surface area contributed by atoms with Crippen molar-refractivity contribution in [3.8, 4) is 11.4 Å². The summed E-state index contributed by atoms with van der Waals surface area (Å²) in [5.41, 5.74) is 4.28. The van der Waals surface area contributed by atoms with Crippen molar-refractivity contribution in [1.82, 2.24) is 9.47 Å². The predicted molar refractivity (Wildman–Crippen MR) is 148 cm³/mol. The molecule has 0 spiro atoms. The Balaban J connectivity index is 1.33. The highest BCUT2D eigenvalue weighted by molar-refractivity contribution is 6.30. The number of anilines is 2. The summed E-state index contributed by atoms with van der Waals surface area (Å²) in [4.78, 5) is 31.0. The minimum absolute atomic E-state index is 0.0359. The van der Waals surface area contributed by atoms with Crippen LogP contribution in [0.5, 0.6) is 5.75 Å². The van der Waals surface area contributed by atoms with Crippen LogP contribution in [0.1, 0.15) is 30.1 Å². The van der Waals surface area contributed by atoms with Gasteiger partial charge in [-0.15, -0.1) is 0 Å². The van der Waals surface area contributed by atoms with E-state index in [2.05, 4.69) is 9.88 Å². The largest absolute Gasteiger partial charge is 0.497 e. The maximum absolute atomic E-state index is 14.2. The molecule has 3 amide bonds. The molecule has 192 valence electrons. The van der Waals surface area contributed by atoms with Gasteiger partial charge in [0.1, 0.15) is 18.3 Å². The lowest BCUT2D eigenvalue weighted by Crippen LogP contribution is -2.48. The third-order valence-electron chi connectivity index (χ3n) is 7.07. The average Bonchev–Trinajstić information content (AvgIpc) is 3.66. The van der Waals surface area contributed by atoms with Gasteiger partial charge in [-0.2, -0.15) is 0 Å². The van der Waals surface area contributed by atoms with E-state index in [9.17, 15) is 9.59 Å². The fourth-order valence-corrected chi connectivity index (χ4v) is 5.19. The molecule has 0 saturated heterocycles. The molecule has 1 unspecified atom stereocenters. The number of hydrogen-bond acceptors (Lipinski definition) is 3. The van der Waals surface area contributed by atoms with E-state index in [0.29, 0.717) is 16.5 Å². The first-order valence-corrected chi connectivity index (χ1v) is 13.0.